The minimum absolute atomic E-state index is 0.118. The van der Waals surface area contributed by atoms with Gasteiger partial charge in [0.2, 0.25) is 0 Å². The summed E-state index contributed by atoms with van der Waals surface area (Å²) < 4.78 is 16.7. The largest absolute Gasteiger partial charge is 0.497 e. The molecule has 0 radical (unpaired) electrons. The number of nitrogens with zero attached hydrogens (tertiary/aromatic N) is 4. The smallest absolute Gasteiger partial charge is 0.141 e. The standard InChI is InChI=1S/C44H50N4O2/c1-27-22-30(48-42(44(7,8)9)40(41(46-48)43(4,5)6)39-28(2)14-13-15-29(39)3)24-33(23-27)50-32-18-19-35-34-16-11-12-17-36(34)47(37(35)25-32)38-26-31(49-10)20-21-45-38/h11-12,14,16-26,29,39H,13,15H2,1-10H3/t29-,39+/m0/s1. The van der Waals surface area contributed by atoms with E-state index in [1.807, 2.05) is 12.1 Å². The molecule has 1 aliphatic rings. The first-order valence-corrected chi connectivity index (χ1v) is 17.9. The molecule has 0 amide bonds. The summed E-state index contributed by atoms with van der Waals surface area (Å²) >= 11 is 0. The van der Waals surface area contributed by atoms with Gasteiger partial charge in [0.25, 0.3) is 0 Å². The monoisotopic (exact) mass is 666 g/mol. The number of pyridine rings is 1. The highest BCUT2D eigenvalue weighted by Crippen LogP contribution is 2.47. The Morgan fingerprint density at radius 1 is 0.780 bits per heavy atom. The second-order valence-corrected chi connectivity index (χ2v) is 16.2. The van der Waals surface area contributed by atoms with E-state index in [1.165, 1.54) is 28.9 Å². The Hall–Kier alpha value is -4.84. The van der Waals surface area contributed by atoms with Crippen molar-refractivity contribution in [3.8, 4) is 28.8 Å². The van der Waals surface area contributed by atoms with Gasteiger partial charge in [-0.25, -0.2) is 9.67 Å². The molecule has 258 valence electrons. The number of allylic oxidation sites excluding steroid dienone is 2. The number of rotatable bonds is 6. The Labute approximate surface area is 296 Å². The van der Waals surface area contributed by atoms with E-state index in [9.17, 15) is 0 Å². The summed E-state index contributed by atoms with van der Waals surface area (Å²) in [6.45, 7) is 20.7. The first kappa shape index (κ1) is 33.6. The summed E-state index contributed by atoms with van der Waals surface area (Å²) in [5.74, 6) is 3.98. The summed E-state index contributed by atoms with van der Waals surface area (Å²) in [6.07, 6.45) is 6.57. The minimum Gasteiger partial charge on any atom is -0.497 e. The molecule has 2 atom stereocenters. The summed E-state index contributed by atoms with van der Waals surface area (Å²) in [6, 6.07) is 25.1. The molecule has 6 heteroatoms. The molecule has 0 saturated heterocycles. The Kier molecular flexibility index (Phi) is 8.40. The zero-order valence-electron chi connectivity index (χ0n) is 31.3. The normalized spacial score (nSPS) is 17.0. The lowest BCUT2D eigenvalue weighted by Gasteiger charge is -2.34. The minimum atomic E-state index is -0.138. The fourth-order valence-corrected chi connectivity index (χ4v) is 7.97. The van der Waals surface area contributed by atoms with Gasteiger partial charge in [-0.1, -0.05) is 78.3 Å². The maximum absolute atomic E-state index is 6.73. The number of methoxy groups -OCH3 is 1. The third kappa shape index (κ3) is 5.99. The fourth-order valence-electron chi connectivity index (χ4n) is 7.97. The highest BCUT2D eigenvalue weighted by Gasteiger charge is 2.39. The van der Waals surface area contributed by atoms with Crippen molar-refractivity contribution in [2.45, 2.75) is 91.9 Å². The van der Waals surface area contributed by atoms with Crippen LogP contribution < -0.4 is 9.47 Å². The first-order chi connectivity index (χ1) is 23.7. The summed E-state index contributed by atoms with van der Waals surface area (Å²) in [5, 5.41) is 7.79. The molecule has 50 heavy (non-hydrogen) atoms. The van der Waals surface area contributed by atoms with E-state index in [4.69, 9.17) is 19.6 Å². The van der Waals surface area contributed by atoms with Crippen LogP contribution in [0.2, 0.25) is 0 Å². The number of ether oxygens (including phenoxy) is 2. The molecule has 3 heterocycles. The van der Waals surface area contributed by atoms with Crippen LogP contribution in [0.25, 0.3) is 33.3 Å². The molecule has 0 spiro atoms. The number of benzene rings is 3. The summed E-state index contributed by atoms with van der Waals surface area (Å²) in [5.41, 5.74) is 9.30. The lowest BCUT2D eigenvalue weighted by atomic mass is 9.70. The van der Waals surface area contributed by atoms with E-state index in [2.05, 4.69) is 138 Å². The van der Waals surface area contributed by atoms with E-state index in [0.29, 0.717) is 11.8 Å². The Morgan fingerprint density at radius 3 is 2.26 bits per heavy atom. The lowest BCUT2D eigenvalue weighted by Crippen LogP contribution is -2.25. The third-order valence-corrected chi connectivity index (χ3v) is 10.1. The number of aryl methyl sites for hydroxylation is 1. The average Bonchev–Trinajstić information content (AvgIpc) is 3.62. The molecule has 0 fully saturated rings. The fraction of sp³-hybridized carbons (Fsp3) is 0.364. The zero-order valence-corrected chi connectivity index (χ0v) is 31.3. The molecule has 3 aromatic heterocycles. The van der Waals surface area contributed by atoms with Crippen molar-refractivity contribution < 1.29 is 9.47 Å². The quantitative estimate of drug-likeness (QED) is 0.166. The third-order valence-electron chi connectivity index (χ3n) is 10.1. The summed E-state index contributed by atoms with van der Waals surface area (Å²) in [7, 11) is 1.68. The Morgan fingerprint density at radius 2 is 1.54 bits per heavy atom. The number of fused-ring (bicyclic) bond motifs is 3. The van der Waals surface area contributed by atoms with E-state index in [1.54, 1.807) is 13.3 Å². The van der Waals surface area contributed by atoms with Crippen LogP contribution in [0.15, 0.2) is 90.6 Å². The van der Waals surface area contributed by atoms with Gasteiger partial charge >= 0.3 is 0 Å². The van der Waals surface area contributed by atoms with Crippen LogP contribution >= 0.6 is 0 Å². The van der Waals surface area contributed by atoms with Gasteiger partial charge in [-0.2, -0.15) is 5.10 Å². The predicted octanol–water partition coefficient (Wildman–Crippen LogP) is 11.5. The Balaban J connectivity index is 1.37. The van der Waals surface area contributed by atoms with Crippen molar-refractivity contribution in [3.05, 3.63) is 113 Å². The topological polar surface area (TPSA) is 54.1 Å². The molecule has 0 unspecified atom stereocenters. The van der Waals surface area contributed by atoms with E-state index in [0.717, 1.165) is 62.5 Å². The molecule has 0 bridgehead atoms. The van der Waals surface area contributed by atoms with Crippen molar-refractivity contribution in [1.82, 2.24) is 19.3 Å². The number of hydrogen-bond acceptors (Lipinski definition) is 4. The van der Waals surface area contributed by atoms with Crippen molar-refractivity contribution >= 4 is 21.8 Å². The predicted molar refractivity (Wildman–Crippen MR) is 206 cm³/mol. The molecule has 6 nitrogen and oxygen atoms in total. The van der Waals surface area contributed by atoms with Gasteiger partial charge in [0.15, 0.2) is 0 Å². The van der Waals surface area contributed by atoms with E-state index < -0.39 is 0 Å². The van der Waals surface area contributed by atoms with Crippen LogP contribution in [0.4, 0.5) is 0 Å². The molecule has 0 N–H and O–H groups in total. The van der Waals surface area contributed by atoms with Crippen LogP contribution in [0.1, 0.15) is 96.7 Å². The second-order valence-electron chi connectivity index (χ2n) is 16.2. The van der Waals surface area contributed by atoms with Gasteiger partial charge in [0.05, 0.1) is 35.2 Å². The number of hydrogen-bond donors (Lipinski definition) is 0. The average molecular weight is 667 g/mol. The van der Waals surface area contributed by atoms with Gasteiger partial charge in [0, 0.05) is 57.5 Å². The van der Waals surface area contributed by atoms with Crippen LogP contribution in [0, 0.1) is 12.8 Å². The van der Waals surface area contributed by atoms with Crippen LogP contribution in [-0.2, 0) is 10.8 Å². The highest BCUT2D eigenvalue weighted by atomic mass is 16.5. The van der Waals surface area contributed by atoms with Gasteiger partial charge in [0.1, 0.15) is 23.1 Å². The van der Waals surface area contributed by atoms with E-state index >= 15 is 0 Å². The summed E-state index contributed by atoms with van der Waals surface area (Å²) in [4.78, 5) is 4.73. The van der Waals surface area contributed by atoms with Gasteiger partial charge in [-0.3, -0.25) is 4.57 Å². The van der Waals surface area contributed by atoms with Crippen molar-refractivity contribution in [1.29, 1.82) is 0 Å². The maximum Gasteiger partial charge on any atom is 0.141 e. The Bertz CT molecular complexity index is 2260. The van der Waals surface area contributed by atoms with E-state index in [-0.39, 0.29) is 10.8 Å². The molecular weight excluding hydrogens is 617 g/mol. The molecule has 1 aliphatic carbocycles. The molecule has 7 rings (SSSR count). The zero-order chi connectivity index (χ0) is 35.5. The SMILES string of the molecule is COc1ccnc(-n2c3ccccc3c3ccc(Oc4cc(C)cc(-n5nc(C(C)(C)C)c([C@@H]6C(C)=CCC[C@@H]6C)c5C(C)(C)C)c4)cc32)c1. The molecule has 0 saturated carbocycles. The lowest BCUT2D eigenvalue weighted by molar-refractivity contribution is 0.414. The van der Waals surface area contributed by atoms with Gasteiger partial charge < -0.3 is 9.47 Å². The van der Waals surface area contributed by atoms with Crippen molar-refractivity contribution in [2.75, 3.05) is 7.11 Å². The van der Waals surface area contributed by atoms with Gasteiger partial charge in [-0.15, -0.1) is 0 Å². The number of para-hydroxylation sites is 1. The molecular formula is C44H50N4O2. The second kappa shape index (κ2) is 12.5. The van der Waals surface area contributed by atoms with Gasteiger partial charge in [-0.05, 0) is 74.6 Å². The van der Waals surface area contributed by atoms with Crippen molar-refractivity contribution in [2.24, 2.45) is 5.92 Å². The van der Waals surface area contributed by atoms with Crippen LogP contribution in [-0.4, -0.2) is 26.4 Å². The van der Waals surface area contributed by atoms with Crippen LogP contribution in [0.3, 0.4) is 0 Å². The first-order valence-electron chi connectivity index (χ1n) is 17.9. The highest BCUT2D eigenvalue weighted by molar-refractivity contribution is 6.09. The van der Waals surface area contributed by atoms with Crippen molar-refractivity contribution in [3.63, 3.8) is 0 Å². The maximum atomic E-state index is 6.73. The number of aromatic nitrogens is 4. The molecule has 0 aliphatic heterocycles. The molecule has 6 aromatic rings. The van der Waals surface area contributed by atoms with Crippen LogP contribution in [0.5, 0.6) is 17.2 Å². The molecule has 3 aromatic carbocycles.